The van der Waals surface area contributed by atoms with E-state index in [9.17, 15) is 4.79 Å². The highest BCUT2D eigenvalue weighted by molar-refractivity contribution is 5.77. The van der Waals surface area contributed by atoms with Gasteiger partial charge in [-0.1, -0.05) is 0 Å². The highest BCUT2D eigenvalue weighted by atomic mass is 16.5. The number of likely N-dealkylation sites (tertiary alicyclic amines) is 1. The molecule has 3 heterocycles. The number of carbonyl (C=O) groups is 1. The minimum atomic E-state index is -0.0753. The third-order valence-corrected chi connectivity index (χ3v) is 4.62. The quantitative estimate of drug-likeness (QED) is 0.836. The smallest absolute Gasteiger partial charge is 0.246 e. The lowest BCUT2D eigenvalue weighted by atomic mass is 9.85. The first-order chi connectivity index (χ1) is 11.2. The molecule has 3 rings (SSSR count). The van der Waals surface area contributed by atoms with Crippen molar-refractivity contribution in [2.45, 2.75) is 31.5 Å². The normalized spacial score (nSPS) is 28.3. The zero-order valence-corrected chi connectivity index (χ0v) is 13.9. The van der Waals surface area contributed by atoms with Crippen LogP contribution in [0, 0.1) is 5.92 Å². The molecular formula is C16H26N4O3. The summed E-state index contributed by atoms with van der Waals surface area (Å²) in [6.45, 7) is 3.55. The second kappa shape index (κ2) is 7.42. The highest BCUT2D eigenvalue weighted by Gasteiger charge is 2.39. The first-order valence-electron chi connectivity index (χ1n) is 8.25. The van der Waals surface area contributed by atoms with Gasteiger partial charge in [0.05, 0.1) is 18.3 Å². The molecule has 0 saturated carbocycles. The largest absolute Gasteiger partial charge is 0.376 e. The van der Waals surface area contributed by atoms with Crippen molar-refractivity contribution in [3.8, 4) is 0 Å². The van der Waals surface area contributed by atoms with Gasteiger partial charge in [-0.15, -0.1) is 0 Å². The molecule has 3 atom stereocenters. The number of nitrogens with one attached hydrogen (secondary N) is 1. The van der Waals surface area contributed by atoms with Gasteiger partial charge in [-0.05, 0) is 18.8 Å². The molecule has 1 amide bonds. The third-order valence-electron chi connectivity index (χ3n) is 4.62. The van der Waals surface area contributed by atoms with Gasteiger partial charge in [0.15, 0.2) is 0 Å². The maximum Gasteiger partial charge on any atom is 0.246 e. The van der Waals surface area contributed by atoms with Gasteiger partial charge in [-0.25, -0.2) is 0 Å². The predicted octanol–water partition coefficient (Wildman–Crippen LogP) is 0.162. The van der Waals surface area contributed by atoms with Gasteiger partial charge < -0.3 is 14.8 Å². The van der Waals surface area contributed by atoms with Crippen LogP contribution in [0.25, 0.3) is 0 Å². The van der Waals surface area contributed by atoms with Crippen LogP contribution >= 0.6 is 0 Å². The van der Waals surface area contributed by atoms with Crippen molar-refractivity contribution in [2.75, 3.05) is 33.4 Å². The summed E-state index contributed by atoms with van der Waals surface area (Å²) >= 11 is 0. The van der Waals surface area contributed by atoms with Gasteiger partial charge in [0.1, 0.15) is 6.61 Å². The van der Waals surface area contributed by atoms with Crippen LogP contribution in [0.3, 0.4) is 0 Å². The first kappa shape index (κ1) is 16.4. The standard InChI is InChI=1S/C16H26N4O3/c1-19-7-12(6-17-19)8-20-9-13-4-3-5-23-16(13)14(10-20)18-15(21)11-22-2/h6-7,13-14,16H,3-5,8-11H2,1-2H3,(H,18,21)/t13-,14+,16-/m0/s1. The van der Waals surface area contributed by atoms with E-state index < -0.39 is 0 Å². The van der Waals surface area contributed by atoms with Crippen LogP contribution < -0.4 is 5.32 Å². The zero-order valence-electron chi connectivity index (χ0n) is 13.9. The Morgan fingerprint density at radius 3 is 3.13 bits per heavy atom. The monoisotopic (exact) mass is 322 g/mol. The molecule has 1 N–H and O–H groups in total. The SMILES string of the molecule is COCC(=O)N[C@@H]1CN(Cc2cnn(C)c2)C[C@@H]2CCCO[C@@H]21. The predicted molar refractivity (Wildman–Crippen MR) is 84.8 cm³/mol. The summed E-state index contributed by atoms with van der Waals surface area (Å²) in [5.41, 5.74) is 1.20. The number of methoxy groups -OCH3 is 1. The van der Waals surface area contributed by atoms with Crippen molar-refractivity contribution in [1.82, 2.24) is 20.0 Å². The molecule has 2 aliphatic rings. The summed E-state index contributed by atoms with van der Waals surface area (Å²) < 4.78 is 12.7. The van der Waals surface area contributed by atoms with Crippen molar-refractivity contribution in [2.24, 2.45) is 13.0 Å². The van der Waals surface area contributed by atoms with Crippen LogP contribution in [0.4, 0.5) is 0 Å². The van der Waals surface area contributed by atoms with E-state index in [0.717, 1.165) is 39.1 Å². The fourth-order valence-corrected chi connectivity index (χ4v) is 3.74. The average Bonchev–Trinajstić information content (AvgIpc) is 2.92. The lowest BCUT2D eigenvalue weighted by Gasteiger charge is -2.46. The number of hydrogen-bond acceptors (Lipinski definition) is 5. The van der Waals surface area contributed by atoms with Crippen LogP contribution in [0.5, 0.6) is 0 Å². The van der Waals surface area contributed by atoms with Crippen molar-refractivity contribution >= 4 is 5.91 Å². The Kier molecular flexibility index (Phi) is 5.30. The van der Waals surface area contributed by atoms with E-state index in [1.165, 1.54) is 12.7 Å². The van der Waals surface area contributed by atoms with E-state index in [1.54, 1.807) is 0 Å². The number of ether oxygens (including phenoxy) is 2. The Morgan fingerprint density at radius 1 is 1.52 bits per heavy atom. The summed E-state index contributed by atoms with van der Waals surface area (Å²) in [7, 11) is 3.47. The number of fused-ring (bicyclic) bond motifs is 1. The Morgan fingerprint density at radius 2 is 2.39 bits per heavy atom. The van der Waals surface area contributed by atoms with Crippen LogP contribution in [-0.4, -0.2) is 66.1 Å². The second-order valence-electron chi connectivity index (χ2n) is 6.56. The number of aromatic nitrogens is 2. The summed E-state index contributed by atoms with van der Waals surface area (Å²) in [4.78, 5) is 14.3. The summed E-state index contributed by atoms with van der Waals surface area (Å²) in [6, 6.07) is 0.0216. The molecule has 0 aromatic carbocycles. The van der Waals surface area contributed by atoms with Crippen molar-refractivity contribution in [3.05, 3.63) is 18.0 Å². The maximum atomic E-state index is 11.9. The van der Waals surface area contributed by atoms with E-state index in [0.29, 0.717) is 5.92 Å². The molecule has 7 nitrogen and oxygen atoms in total. The molecule has 1 aromatic heterocycles. The van der Waals surface area contributed by atoms with E-state index in [4.69, 9.17) is 9.47 Å². The number of amides is 1. The number of carbonyl (C=O) groups excluding carboxylic acids is 1. The molecule has 0 unspecified atom stereocenters. The van der Waals surface area contributed by atoms with E-state index in [-0.39, 0.29) is 24.7 Å². The molecule has 0 bridgehead atoms. The molecule has 0 radical (unpaired) electrons. The molecule has 1 aromatic rings. The molecule has 2 fully saturated rings. The minimum absolute atomic E-state index is 0.0216. The number of piperidine rings is 1. The van der Waals surface area contributed by atoms with Gasteiger partial charge in [0.2, 0.25) is 5.91 Å². The van der Waals surface area contributed by atoms with E-state index >= 15 is 0 Å². The Labute approximate surface area is 136 Å². The van der Waals surface area contributed by atoms with Crippen LogP contribution in [0.15, 0.2) is 12.4 Å². The molecular weight excluding hydrogens is 296 g/mol. The van der Waals surface area contributed by atoms with Gasteiger partial charge in [-0.3, -0.25) is 14.4 Å². The Balaban J connectivity index is 1.66. The lowest BCUT2D eigenvalue weighted by molar-refractivity contribution is -0.131. The number of aryl methyl sites for hydroxylation is 1. The van der Waals surface area contributed by atoms with Gasteiger partial charge in [-0.2, -0.15) is 5.10 Å². The number of nitrogens with zero attached hydrogens (tertiary/aromatic N) is 3. The summed E-state index contributed by atoms with van der Waals surface area (Å²) in [5.74, 6) is 0.399. The molecule has 128 valence electrons. The first-order valence-corrected chi connectivity index (χ1v) is 8.25. The van der Waals surface area contributed by atoms with E-state index in [1.807, 2.05) is 24.1 Å². The van der Waals surface area contributed by atoms with Crippen molar-refractivity contribution in [1.29, 1.82) is 0 Å². The second-order valence-corrected chi connectivity index (χ2v) is 6.56. The van der Waals surface area contributed by atoms with E-state index in [2.05, 4.69) is 15.3 Å². The minimum Gasteiger partial charge on any atom is -0.376 e. The molecule has 0 aliphatic carbocycles. The zero-order chi connectivity index (χ0) is 16.2. The Hall–Kier alpha value is -1.44. The fraction of sp³-hybridized carbons (Fsp3) is 0.750. The average molecular weight is 322 g/mol. The number of rotatable bonds is 5. The van der Waals surface area contributed by atoms with Crippen LogP contribution in [-0.2, 0) is 27.9 Å². The summed E-state index contributed by atoms with van der Waals surface area (Å²) in [6.07, 6.45) is 6.32. The Bertz CT molecular complexity index is 533. The molecule has 0 spiro atoms. The highest BCUT2D eigenvalue weighted by Crippen LogP contribution is 2.29. The molecule has 2 aliphatic heterocycles. The van der Waals surface area contributed by atoms with Crippen molar-refractivity contribution in [3.63, 3.8) is 0 Å². The summed E-state index contributed by atoms with van der Waals surface area (Å²) in [5, 5.41) is 7.32. The van der Waals surface area contributed by atoms with Gasteiger partial charge in [0, 0.05) is 52.2 Å². The van der Waals surface area contributed by atoms with Gasteiger partial charge in [0.25, 0.3) is 0 Å². The third kappa shape index (κ3) is 4.10. The van der Waals surface area contributed by atoms with Crippen LogP contribution in [0.2, 0.25) is 0 Å². The molecule has 2 saturated heterocycles. The fourth-order valence-electron chi connectivity index (χ4n) is 3.74. The maximum absolute atomic E-state index is 11.9. The molecule has 7 heteroatoms. The van der Waals surface area contributed by atoms with Gasteiger partial charge >= 0.3 is 0 Å². The topological polar surface area (TPSA) is 68.6 Å². The molecule has 23 heavy (non-hydrogen) atoms. The lowest BCUT2D eigenvalue weighted by Crippen LogP contribution is -2.61. The van der Waals surface area contributed by atoms with Crippen LogP contribution in [0.1, 0.15) is 18.4 Å². The number of hydrogen-bond donors (Lipinski definition) is 1. The van der Waals surface area contributed by atoms with Crippen molar-refractivity contribution < 1.29 is 14.3 Å².